The maximum atomic E-state index is 12.8. The molecule has 0 spiro atoms. The zero-order valence-electron chi connectivity index (χ0n) is 24.3. The number of nitrogens with zero attached hydrogens (tertiary/aromatic N) is 3. The van der Waals surface area contributed by atoms with E-state index in [0.29, 0.717) is 81.4 Å². The van der Waals surface area contributed by atoms with Gasteiger partial charge in [-0.2, -0.15) is 5.26 Å². The first-order valence-electron chi connectivity index (χ1n) is 14.0. The molecule has 0 aliphatic carbocycles. The largest absolute Gasteiger partial charge is 0.487 e. The Bertz CT molecular complexity index is 1730. The summed E-state index contributed by atoms with van der Waals surface area (Å²) in [7, 11) is 3.84. The average molecular weight is 633 g/mol. The molecule has 4 aromatic rings. The van der Waals surface area contributed by atoms with Crippen molar-refractivity contribution in [1.29, 1.82) is 5.26 Å². The van der Waals surface area contributed by atoms with Crippen LogP contribution in [0.1, 0.15) is 17.5 Å². The molecule has 2 heterocycles. The van der Waals surface area contributed by atoms with Gasteiger partial charge in [0.25, 0.3) is 0 Å². The van der Waals surface area contributed by atoms with Crippen LogP contribution in [0.25, 0.3) is 10.9 Å². The lowest BCUT2D eigenvalue weighted by Gasteiger charge is -2.19. The van der Waals surface area contributed by atoms with E-state index in [4.69, 9.17) is 37.4 Å². The Morgan fingerprint density at radius 1 is 1.18 bits per heavy atom. The Labute approximate surface area is 265 Å². The van der Waals surface area contributed by atoms with Gasteiger partial charge in [0, 0.05) is 47.4 Å². The summed E-state index contributed by atoms with van der Waals surface area (Å²) in [4.78, 5) is 19.3. The van der Waals surface area contributed by atoms with E-state index < -0.39 is 0 Å². The number of hydrogen-bond donors (Lipinski definition) is 2. The third-order valence-electron chi connectivity index (χ3n) is 6.75. The highest BCUT2D eigenvalue weighted by atomic mass is 35.5. The second kappa shape index (κ2) is 14.4. The second-order valence-corrected chi connectivity index (χ2v) is 11.3. The number of nitriles is 1. The highest BCUT2D eigenvalue weighted by Gasteiger charge is 2.21. The number of likely N-dealkylation sites (N-methyl/N-ethyl adjacent to an activating group) is 1. The standard InChI is InChI=1S/C33H31Cl2N5O4/c1-40(2)11-4-7-32(41)39-29-15-26-28(16-31(29)44-25-10-12-42-20-25)37-18-22(17-36)33(26)38-24-8-9-30(27(35)14-24)43-19-21-5-3-6-23(34)13-21/h3-9,13-16,18,25H,10-12,19-20H2,1-2H3,(H,37,38)(H,39,41). The van der Waals surface area contributed by atoms with Crippen LogP contribution in [0.4, 0.5) is 17.1 Å². The number of aromatic nitrogens is 1. The highest BCUT2D eigenvalue weighted by Crippen LogP contribution is 2.38. The molecule has 1 fully saturated rings. The van der Waals surface area contributed by atoms with E-state index in [0.717, 1.165) is 12.0 Å². The minimum Gasteiger partial charge on any atom is -0.487 e. The van der Waals surface area contributed by atoms with Crippen LogP contribution in [-0.4, -0.2) is 55.7 Å². The maximum Gasteiger partial charge on any atom is 0.248 e. The molecule has 0 bridgehead atoms. The molecule has 1 unspecified atom stereocenters. The fraction of sp³-hybridized carbons (Fsp3) is 0.242. The van der Waals surface area contributed by atoms with Gasteiger partial charge in [-0.05, 0) is 56.1 Å². The highest BCUT2D eigenvalue weighted by molar-refractivity contribution is 6.32. The van der Waals surface area contributed by atoms with Gasteiger partial charge in [0.2, 0.25) is 5.91 Å². The average Bonchev–Trinajstić information content (AvgIpc) is 3.50. The number of rotatable bonds is 11. The lowest BCUT2D eigenvalue weighted by atomic mass is 10.1. The molecule has 0 saturated carbocycles. The van der Waals surface area contributed by atoms with Gasteiger partial charge < -0.3 is 29.7 Å². The van der Waals surface area contributed by atoms with Crippen LogP contribution in [0.3, 0.4) is 0 Å². The number of amides is 1. The van der Waals surface area contributed by atoms with Crippen LogP contribution in [-0.2, 0) is 16.1 Å². The van der Waals surface area contributed by atoms with Crippen LogP contribution in [0.2, 0.25) is 10.0 Å². The molecule has 5 rings (SSSR count). The molecule has 1 atom stereocenters. The summed E-state index contributed by atoms with van der Waals surface area (Å²) in [6.07, 6.45) is 5.34. The molecule has 9 nitrogen and oxygen atoms in total. The van der Waals surface area contributed by atoms with E-state index in [1.54, 1.807) is 36.4 Å². The van der Waals surface area contributed by atoms with Crippen molar-refractivity contribution < 1.29 is 19.0 Å². The number of carbonyl (C=O) groups is 1. The quantitative estimate of drug-likeness (QED) is 0.171. The zero-order chi connectivity index (χ0) is 31.1. The van der Waals surface area contributed by atoms with E-state index in [9.17, 15) is 10.1 Å². The van der Waals surface area contributed by atoms with Crippen LogP contribution in [0.5, 0.6) is 11.5 Å². The summed E-state index contributed by atoms with van der Waals surface area (Å²) in [6.45, 7) is 1.99. The fourth-order valence-corrected chi connectivity index (χ4v) is 5.04. The van der Waals surface area contributed by atoms with E-state index in [1.165, 1.54) is 12.3 Å². The third-order valence-corrected chi connectivity index (χ3v) is 7.28. The first kappa shape index (κ1) is 31.1. The minimum absolute atomic E-state index is 0.148. The predicted molar refractivity (Wildman–Crippen MR) is 173 cm³/mol. The summed E-state index contributed by atoms with van der Waals surface area (Å²) in [5.74, 6) is 0.662. The third kappa shape index (κ3) is 7.98. The summed E-state index contributed by atoms with van der Waals surface area (Å²) >= 11 is 12.7. The van der Waals surface area contributed by atoms with Crippen molar-refractivity contribution in [2.45, 2.75) is 19.1 Å². The Morgan fingerprint density at radius 3 is 2.77 bits per heavy atom. The van der Waals surface area contributed by atoms with Crippen molar-refractivity contribution in [3.8, 4) is 17.6 Å². The van der Waals surface area contributed by atoms with E-state index in [2.05, 4.69) is 21.7 Å². The number of ether oxygens (including phenoxy) is 3. The van der Waals surface area contributed by atoms with E-state index in [1.807, 2.05) is 43.3 Å². The van der Waals surface area contributed by atoms with E-state index in [-0.39, 0.29) is 12.0 Å². The molecule has 1 aliphatic rings. The number of fused-ring (bicyclic) bond motifs is 1. The summed E-state index contributed by atoms with van der Waals surface area (Å²) in [6, 6.07) is 18.4. The molecular weight excluding hydrogens is 601 g/mol. The number of halogens is 2. The Hall–Kier alpha value is -4.33. The van der Waals surface area contributed by atoms with Gasteiger partial charge >= 0.3 is 0 Å². The number of benzene rings is 3. The van der Waals surface area contributed by atoms with Gasteiger partial charge in [0.15, 0.2) is 0 Å². The van der Waals surface area contributed by atoms with Crippen molar-refractivity contribution in [2.24, 2.45) is 0 Å². The van der Waals surface area contributed by atoms with Crippen molar-refractivity contribution in [3.05, 3.63) is 94.1 Å². The Morgan fingerprint density at radius 2 is 2.05 bits per heavy atom. The van der Waals surface area contributed by atoms with Crippen molar-refractivity contribution in [2.75, 3.05) is 44.5 Å². The predicted octanol–water partition coefficient (Wildman–Crippen LogP) is 6.96. The van der Waals surface area contributed by atoms with Gasteiger partial charge in [0.1, 0.15) is 30.3 Å². The summed E-state index contributed by atoms with van der Waals surface area (Å²) in [5, 5.41) is 17.8. The van der Waals surface area contributed by atoms with Gasteiger partial charge in [-0.1, -0.05) is 41.4 Å². The number of anilines is 3. The lowest BCUT2D eigenvalue weighted by Crippen LogP contribution is -2.18. The molecule has 1 amide bonds. The number of nitrogens with one attached hydrogen (secondary N) is 2. The van der Waals surface area contributed by atoms with Crippen LogP contribution in [0.15, 0.2) is 72.9 Å². The van der Waals surface area contributed by atoms with Crippen LogP contribution < -0.4 is 20.1 Å². The monoisotopic (exact) mass is 631 g/mol. The van der Waals surface area contributed by atoms with Crippen LogP contribution >= 0.6 is 23.2 Å². The molecule has 44 heavy (non-hydrogen) atoms. The normalized spacial score (nSPS) is 14.6. The topological polar surface area (TPSA) is 109 Å². The first-order valence-corrected chi connectivity index (χ1v) is 14.7. The smallest absolute Gasteiger partial charge is 0.248 e. The Kier molecular flexibility index (Phi) is 10.2. The van der Waals surface area contributed by atoms with E-state index >= 15 is 0 Å². The molecule has 0 radical (unpaired) electrons. The number of carbonyl (C=O) groups excluding carboxylic acids is 1. The number of hydrogen-bond acceptors (Lipinski definition) is 8. The van der Waals surface area contributed by atoms with Gasteiger partial charge in [-0.15, -0.1) is 0 Å². The summed E-state index contributed by atoms with van der Waals surface area (Å²) in [5.41, 5.74) is 3.40. The molecule has 1 aromatic heterocycles. The fourth-order valence-electron chi connectivity index (χ4n) is 4.59. The molecule has 3 aromatic carbocycles. The second-order valence-electron chi connectivity index (χ2n) is 10.5. The molecule has 2 N–H and O–H groups in total. The van der Waals surface area contributed by atoms with Gasteiger partial charge in [-0.3, -0.25) is 9.78 Å². The number of pyridine rings is 1. The van der Waals surface area contributed by atoms with Gasteiger partial charge in [-0.25, -0.2) is 0 Å². The van der Waals surface area contributed by atoms with Crippen molar-refractivity contribution in [1.82, 2.24) is 9.88 Å². The SMILES string of the molecule is CN(C)CC=CC(=O)Nc1cc2c(Nc3ccc(OCc4cccc(Cl)c4)c(Cl)c3)c(C#N)cnc2cc1OC1CCOC1. The Balaban J connectivity index is 1.45. The summed E-state index contributed by atoms with van der Waals surface area (Å²) < 4.78 is 17.6. The van der Waals surface area contributed by atoms with Crippen molar-refractivity contribution >= 4 is 57.1 Å². The molecule has 226 valence electrons. The lowest BCUT2D eigenvalue weighted by molar-refractivity contribution is -0.111. The molecular formula is C33H31Cl2N5O4. The molecule has 11 heteroatoms. The molecule has 1 aliphatic heterocycles. The first-order chi connectivity index (χ1) is 21.3. The zero-order valence-corrected chi connectivity index (χ0v) is 25.8. The molecule has 1 saturated heterocycles. The van der Waals surface area contributed by atoms with Crippen LogP contribution in [0, 0.1) is 11.3 Å². The van der Waals surface area contributed by atoms with Gasteiger partial charge in [0.05, 0.1) is 40.7 Å². The van der Waals surface area contributed by atoms with Crippen molar-refractivity contribution in [3.63, 3.8) is 0 Å². The maximum absolute atomic E-state index is 12.8. The minimum atomic E-state index is -0.308.